The fraction of sp³-hybridized carbons (Fsp3) is 0.458. The first-order valence-electron chi connectivity index (χ1n) is 10.4. The van der Waals surface area contributed by atoms with Crippen LogP contribution in [0.25, 0.3) is 0 Å². The quantitative estimate of drug-likeness (QED) is 0.746. The van der Waals surface area contributed by atoms with Gasteiger partial charge in [-0.05, 0) is 24.5 Å². The molecule has 5 heteroatoms. The SMILES string of the molecule is COc1ccc(C)cc1CN1CCN(CC(=O)NC[C@H](C)c2ccccc2)CC1. The van der Waals surface area contributed by atoms with Crippen molar-refractivity contribution in [2.24, 2.45) is 0 Å². The van der Waals surface area contributed by atoms with E-state index in [1.165, 1.54) is 16.7 Å². The number of aryl methyl sites for hydroxylation is 1. The molecule has 5 nitrogen and oxygen atoms in total. The lowest BCUT2D eigenvalue weighted by Crippen LogP contribution is -2.49. The van der Waals surface area contributed by atoms with Gasteiger partial charge in [-0.15, -0.1) is 0 Å². The summed E-state index contributed by atoms with van der Waals surface area (Å²) in [4.78, 5) is 17.0. The molecule has 2 aromatic carbocycles. The summed E-state index contributed by atoms with van der Waals surface area (Å²) < 4.78 is 5.50. The van der Waals surface area contributed by atoms with Gasteiger partial charge in [-0.1, -0.05) is 55.0 Å². The minimum absolute atomic E-state index is 0.113. The van der Waals surface area contributed by atoms with E-state index >= 15 is 0 Å². The highest BCUT2D eigenvalue weighted by molar-refractivity contribution is 5.78. The maximum absolute atomic E-state index is 12.4. The van der Waals surface area contributed by atoms with Crippen LogP contribution in [0.5, 0.6) is 5.75 Å². The Labute approximate surface area is 174 Å². The summed E-state index contributed by atoms with van der Waals surface area (Å²) in [5.74, 6) is 1.38. The molecule has 1 amide bonds. The van der Waals surface area contributed by atoms with Crippen molar-refractivity contribution in [1.82, 2.24) is 15.1 Å². The molecule has 3 rings (SSSR count). The van der Waals surface area contributed by atoms with Crippen LogP contribution in [0.4, 0.5) is 0 Å². The van der Waals surface area contributed by atoms with Crippen LogP contribution in [-0.4, -0.2) is 62.1 Å². The third-order valence-electron chi connectivity index (χ3n) is 5.64. The maximum Gasteiger partial charge on any atom is 0.234 e. The number of amides is 1. The number of nitrogens with one attached hydrogen (secondary N) is 1. The molecule has 1 heterocycles. The molecule has 0 radical (unpaired) electrons. The summed E-state index contributed by atoms with van der Waals surface area (Å²) in [7, 11) is 1.73. The van der Waals surface area contributed by atoms with E-state index in [-0.39, 0.29) is 5.91 Å². The molecule has 1 N–H and O–H groups in total. The van der Waals surface area contributed by atoms with Crippen molar-refractivity contribution in [2.45, 2.75) is 26.3 Å². The molecule has 0 bridgehead atoms. The number of nitrogens with zero attached hydrogens (tertiary/aromatic N) is 2. The highest BCUT2D eigenvalue weighted by atomic mass is 16.5. The third-order valence-corrected chi connectivity index (χ3v) is 5.64. The van der Waals surface area contributed by atoms with Crippen LogP contribution < -0.4 is 10.1 Å². The zero-order valence-electron chi connectivity index (χ0n) is 17.9. The Kier molecular flexibility index (Phi) is 7.67. The van der Waals surface area contributed by atoms with Crippen LogP contribution in [0.15, 0.2) is 48.5 Å². The standard InChI is InChI=1S/C24H33N3O2/c1-19-9-10-23(29-3)22(15-19)17-26-11-13-27(14-12-26)18-24(28)25-16-20(2)21-7-5-4-6-8-21/h4-10,15,20H,11-14,16-18H2,1-3H3,(H,25,28)/t20-/m0/s1. The molecule has 0 aromatic heterocycles. The minimum atomic E-state index is 0.113. The largest absolute Gasteiger partial charge is 0.496 e. The Balaban J connectivity index is 1.40. The molecule has 1 atom stereocenters. The van der Waals surface area contributed by atoms with Crippen molar-refractivity contribution in [3.8, 4) is 5.75 Å². The van der Waals surface area contributed by atoms with E-state index in [1.54, 1.807) is 7.11 Å². The van der Waals surface area contributed by atoms with Gasteiger partial charge in [0.2, 0.25) is 5.91 Å². The number of methoxy groups -OCH3 is 1. The molecule has 0 spiro atoms. The van der Waals surface area contributed by atoms with E-state index in [0.717, 1.165) is 38.5 Å². The molecule has 29 heavy (non-hydrogen) atoms. The van der Waals surface area contributed by atoms with E-state index in [0.29, 0.717) is 19.0 Å². The number of rotatable bonds is 8. The monoisotopic (exact) mass is 395 g/mol. The number of piperazine rings is 1. The summed E-state index contributed by atoms with van der Waals surface area (Å²) in [6.45, 7) is 10.0. The topological polar surface area (TPSA) is 44.8 Å². The smallest absolute Gasteiger partial charge is 0.234 e. The predicted octanol–water partition coefficient (Wildman–Crippen LogP) is 3.04. The normalized spacial score (nSPS) is 16.4. The van der Waals surface area contributed by atoms with Gasteiger partial charge in [0.05, 0.1) is 13.7 Å². The highest BCUT2D eigenvalue weighted by Gasteiger charge is 2.20. The number of carbonyl (C=O) groups is 1. The average Bonchev–Trinajstić information content (AvgIpc) is 2.74. The van der Waals surface area contributed by atoms with Crippen molar-refractivity contribution < 1.29 is 9.53 Å². The van der Waals surface area contributed by atoms with Crippen molar-refractivity contribution >= 4 is 5.91 Å². The fourth-order valence-electron chi connectivity index (χ4n) is 3.80. The van der Waals surface area contributed by atoms with Gasteiger partial charge in [0.25, 0.3) is 0 Å². The van der Waals surface area contributed by atoms with Crippen LogP contribution in [0.2, 0.25) is 0 Å². The summed E-state index contributed by atoms with van der Waals surface area (Å²) in [6, 6.07) is 16.6. The molecular formula is C24H33N3O2. The first kappa shape index (κ1) is 21.3. The average molecular weight is 396 g/mol. The van der Waals surface area contributed by atoms with Crippen molar-refractivity contribution in [3.63, 3.8) is 0 Å². The second-order valence-corrected chi connectivity index (χ2v) is 7.98. The number of ether oxygens (including phenoxy) is 1. The zero-order chi connectivity index (χ0) is 20.6. The van der Waals surface area contributed by atoms with Gasteiger partial charge in [-0.25, -0.2) is 0 Å². The molecule has 156 valence electrons. The molecule has 1 aliphatic rings. The van der Waals surface area contributed by atoms with Crippen LogP contribution in [0.1, 0.15) is 29.5 Å². The molecule has 0 saturated carbocycles. The summed E-state index contributed by atoms with van der Waals surface area (Å²) in [5.41, 5.74) is 3.74. The summed E-state index contributed by atoms with van der Waals surface area (Å²) in [6.07, 6.45) is 0. The molecule has 0 unspecified atom stereocenters. The van der Waals surface area contributed by atoms with Gasteiger partial charge in [-0.3, -0.25) is 14.6 Å². The van der Waals surface area contributed by atoms with Crippen molar-refractivity contribution in [3.05, 3.63) is 65.2 Å². The molecule has 1 saturated heterocycles. The first-order valence-corrected chi connectivity index (χ1v) is 10.4. The lowest BCUT2D eigenvalue weighted by Gasteiger charge is -2.34. The van der Waals surface area contributed by atoms with Gasteiger partial charge in [-0.2, -0.15) is 0 Å². The molecule has 2 aromatic rings. The molecule has 1 fully saturated rings. The Morgan fingerprint density at radius 1 is 1.07 bits per heavy atom. The second kappa shape index (κ2) is 10.4. The zero-order valence-corrected chi connectivity index (χ0v) is 17.9. The highest BCUT2D eigenvalue weighted by Crippen LogP contribution is 2.22. The van der Waals surface area contributed by atoms with Gasteiger partial charge in [0, 0.05) is 44.8 Å². The van der Waals surface area contributed by atoms with Gasteiger partial charge >= 0.3 is 0 Å². The van der Waals surface area contributed by atoms with Crippen molar-refractivity contribution in [1.29, 1.82) is 0 Å². The third kappa shape index (κ3) is 6.31. The van der Waals surface area contributed by atoms with Crippen LogP contribution in [0.3, 0.4) is 0 Å². The fourth-order valence-corrected chi connectivity index (χ4v) is 3.80. The number of carbonyl (C=O) groups excluding carboxylic acids is 1. The van der Waals surface area contributed by atoms with Gasteiger partial charge in [0.1, 0.15) is 5.75 Å². The Morgan fingerprint density at radius 3 is 2.45 bits per heavy atom. The summed E-state index contributed by atoms with van der Waals surface area (Å²) >= 11 is 0. The lowest BCUT2D eigenvalue weighted by molar-refractivity contribution is -0.122. The molecule has 0 aliphatic carbocycles. The Morgan fingerprint density at radius 2 is 1.76 bits per heavy atom. The van der Waals surface area contributed by atoms with E-state index in [4.69, 9.17) is 4.74 Å². The maximum atomic E-state index is 12.4. The van der Waals surface area contributed by atoms with E-state index in [1.807, 2.05) is 24.3 Å². The number of hydrogen-bond donors (Lipinski definition) is 1. The molecular weight excluding hydrogens is 362 g/mol. The van der Waals surface area contributed by atoms with E-state index in [9.17, 15) is 4.79 Å². The Hall–Kier alpha value is -2.37. The second-order valence-electron chi connectivity index (χ2n) is 7.98. The number of benzene rings is 2. The van der Waals surface area contributed by atoms with Crippen LogP contribution >= 0.6 is 0 Å². The van der Waals surface area contributed by atoms with Crippen LogP contribution in [0, 0.1) is 6.92 Å². The van der Waals surface area contributed by atoms with Crippen molar-refractivity contribution in [2.75, 3.05) is 46.4 Å². The Bertz CT molecular complexity index is 786. The van der Waals surface area contributed by atoms with Gasteiger partial charge in [0.15, 0.2) is 0 Å². The minimum Gasteiger partial charge on any atom is -0.496 e. The molecule has 1 aliphatic heterocycles. The predicted molar refractivity (Wildman–Crippen MR) is 117 cm³/mol. The first-order chi connectivity index (χ1) is 14.0. The van der Waals surface area contributed by atoms with E-state index in [2.05, 4.69) is 53.2 Å². The van der Waals surface area contributed by atoms with Crippen LogP contribution in [-0.2, 0) is 11.3 Å². The summed E-state index contributed by atoms with van der Waals surface area (Å²) in [5, 5.41) is 3.09. The number of hydrogen-bond acceptors (Lipinski definition) is 4. The van der Waals surface area contributed by atoms with E-state index < -0.39 is 0 Å². The lowest BCUT2D eigenvalue weighted by atomic mass is 10.0. The van der Waals surface area contributed by atoms with Gasteiger partial charge < -0.3 is 10.1 Å².